The molecule has 1 unspecified atom stereocenters. The summed E-state index contributed by atoms with van der Waals surface area (Å²) in [6, 6.07) is 9.22. The van der Waals surface area contributed by atoms with E-state index in [9.17, 15) is 0 Å². The zero-order valence-corrected chi connectivity index (χ0v) is 7.99. The number of rotatable bonds is 2. The highest BCUT2D eigenvalue weighted by Gasteiger charge is 2.08. The number of benzene rings is 1. The smallest absolute Gasteiger partial charge is 0.0994 e. The van der Waals surface area contributed by atoms with Crippen LogP contribution in [-0.2, 0) is 0 Å². The first kappa shape index (κ1) is 10.0. The highest BCUT2D eigenvalue weighted by atomic mass is 14.3. The SMILES string of the molecule is C=CC(C)c1cc(C#N)ccc1C#N. The van der Waals surface area contributed by atoms with Crippen molar-refractivity contribution in [1.29, 1.82) is 10.5 Å². The summed E-state index contributed by atoms with van der Waals surface area (Å²) in [7, 11) is 0. The Morgan fingerprint density at radius 1 is 1.36 bits per heavy atom. The van der Waals surface area contributed by atoms with Crippen LogP contribution >= 0.6 is 0 Å². The monoisotopic (exact) mass is 182 g/mol. The number of hydrogen-bond donors (Lipinski definition) is 0. The number of nitrogens with zero attached hydrogens (tertiary/aromatic N) is 2. The lowest BCUT2D eigenvalue weighted by Gasteiger charge is -2.08. The van der Waals surface area contributed by atoms with Crippen molar-refractivity contribution in [3.05, 3.63) is 47.5 Å². The molecule has 0 fully saturated rings. The summed E-state index contributed by atoms with van der Waals surface area (Å²) in [4.78, 5) is 0. The summed E-state index contributed by atoms with van der Waals surface area (Å²) in [5, 5.41) is 17.6. The van der Waals surface area contributed by atoms with Gasteiger partial charge in [0.25, 0.3) is 0 Å². The van der Waals surface area contributed by atoms with Crippen LogP contribution in [0, 0.1) is 22.7 Å². The van der Waals surface area contributed by atoms with Gasteiger partial charge in [-0.2, -0.15) is 10.5 Å². The Labute approximate surface area is 83.7 Å². The predicted molar refractivity (Wildman–Crippen MR) is 54.5 cm³/mol. The van der Waals surface area contributed by atoms with Crippen molar-refractivity contribution in [3.8, 4) is 12.1 Å². The van der Waals surface area contributed by atoms with Gasteiger partial charge in [-0.15, -0.1) is 6.58 Å². The highest BCUT2D eigenvalue weighted by Crippen LogP contribution is 2.21. The van der Waals surface area contributed by atoms with Gasteiger partial charge in [0.1, 0.15) is 0 Å². The summed E-state index contributed by atoms with van der Waals surface area (Å²) in [6.45, 7) is 5.62. The van der Waals surface area contributed by atoms with Gasteiger partial charge in [-0.25, -0.2) is 0 Å². The molecule has 1 rings (SSSR count). The van der Waals surface area contributed by atoms with Crippen molar-refractivity contribution in [2.24, 2.45) is 0 Å². The first-order valence-corrected chi connectivity index (χ1v) is 4.29. The van der Waals surface area contributed by atoms with Crippen molar-refractivity contribution in [2.45, 2.75) is 12.8 Å². The minimum Gasteiger partial charge on any atom is -0.192 e. The number of allylic oxidation sites excluding steroid dienone is 1. The number of nitriles is 2. The summed E-state index contributed by atoms with van der Waals surface area (Å²) in [5.74, 6) is 0.0953. The quantitative estimate of drug-likeness (QED) is 0.660. The Hall–Kier alpha value is -2.06. The van der Waals surface area contributed by atoms with Crippen LogP contribution in [0.5, 0.6) is 0 Å². The first-order chi connectivity index (χ1) is 6.72. The zero-order chi connectivity index (χ0) is 10.6. The molecular formula is C12H10N2. The van der Waals surface area contributed by atoms with Gasteiger partial charge >= 0.3 is 0 Å². The zero-order valence-electron chi connectivity index (χ0n) is 7.99. The minimum absolute atomic E-state index is 0.0953. The molecule has 0 aliphatic heterocycles. The number of hydrogen-bond acceptors (Lipinski definition) is 2. The molecule has 0 N–H and O–H groups in total. The van der Waals surface area contributed by atoms with Crippen LogP contribution in [0.25, 0.3) is 0 Å². The molecule has 1 aromatic carbocycles. The molecule has 0 heterocycles. The molecule has 68 valence electrons. The van der Waals surface area contributed by atoms with Crippen LogP contribution in [0.4, 0.5) is 0 Å². The molecule has 0 saturated heterocycles. The Bertz CT molecular complexity index is 433. The molecule has 1 aromatic rings. The second kappa shape index (κ2) is 4.25. The molecule has 0 spiro atoms. The van der Waals surface area contributed by atoms with E-state index >= 15 is 0 Å². The van der Waals surface area contributed by atoms with Crippen LogP contribution in [0.2, 0.25) is 0 Å². The van der Waals surface area contributed by atoms with E-state index in [1.165, 1.54) is 0 Å². The Kier molecular flexibility index (Phi) is 3.05. The van der Waals surface area contributed by atoms with Gasteiger partial charge in [-0.05, 0) is 23.8 Å². The predicted octanol–water partition coefficient (Wildman–Crippen LogP) is 2.72. The van der Waals surface area contributed by atoms with Crippen molar-refractivity contribution < 1.29 is 0 Å². The van der Waals surface area contributed by atoms with Crippen molar-refractivity contribution in [3.63, 3.8) is 0 Å². The van der Waals surface area contributed by atoms with Gasteiger partial charge in [0, 0.05) is 5.92 Å². The maximum absolute atomic E-state index is 8.86. The second-order valence-corrected chi connectivity index (χ2v) is 3.05. The molecule has 0 aliphatic carbocycles. The van der Waals surface area contributed by atoms with Gasteiger partial charge in [0.2, 0.25) is 0 Å². The molecular weight excluding hydrogens is 172 g/mol. The van der Waals surface area contributed by atoms with Gasteiger partial charge in [0.15, 0.2) is 0 Å². The molecule has 0 amide bonds. The van der Waals surface area contributed by atoms with E-state index in [2.05, 4.69) is 18.7 Å². The summed E-state index contributed by atoms with van der Waals surface area (Å²) in [5.41, 5.74) is 2.05. The molecule has 2 heteroatoms. The van der Waals surface area contributed by atoms with Gasteiger partial charge < -0.3 is 0 Å². The van der Waals surface area contributed by atoms with Crippen LogP contribution < -0.4 is 0 Å². The van der Waals surface area contributed by atoms with Crippen molar-refractivity contribution in [1.82, 2.24) is 0 Å². The molecule has 2 nitrogen and oxygen atoms in total. The summed E-state index contributed by atoms with van der Waals surface area (Å²) >= 11 is 0. The summed E-state index contributed by atoms with van der Waals surface area (Å²) < 4.78 is 0. The van der Waals surface area contributed by atoms with Crippen molar-refractivity contribution >= 4 is 0 Å². The van der Waals surface area contributed by atoms with Gasteiger partial charge in [0.05, 0.1) is 23.3 Å². The van der Waals surface area contributed by atoms with Crippen LogP contribution in [0.1, 0.15) is 29.5 Å². The van der Waals surface area contributed by atoms with Crippen molar-refractivity contribution in [2.75, 3.05) is 0 Å². The van der Waals surface area contributed by atoms with Gasteiger partial charge in [-0.1, -0.05) is 13.0 Å². The fourth-order valence-electron chi connectivity index (χ4n) is 1.24. The lowest BCUT2D eigenvalue weighted by atomic mass is 9.94. The molecule has 0 bridgehead atoms. The fraction of sp³-hybridized carbons (Fsp3) is 0.167. The Morgan fingerprint density at radius 2 is 2.07 bits per heavy atom. The van der Waals surface area contributed by atoms with E-state index in [1.54, 1.807) is 24.3 Å². The van der Waals surface area contributed by atoms with E-state index in [-0.39, 0.29) is 5.92 Å². The van der Waals surface area contributed by atoms with E-state index in [0.29, 0.717) is 11.1 Å². The van der Waals surface area contributed by atoms with E-state index < -0.39 is 0 Å². The van der Waals surface area contributed by atoms with Crippen LogP contribution in [0.15, 0.2) is 30.9 Å². The standard InChI is InChI=1S/C12H10N2/c1-3-9(2)12-6-10(7-13)4-5-11(12)8-14/h3-6,9H,1H2,2H3. The van der Waals surface area contributed by atoms with Gasteiger partial charge in [-0.3, -0.25) is 0 Å². The Balaban J connectivity index is 3.31. The molecule has 0 aromatic heterocycles. The van der Waals surface area contributed by atoms with Crippen LogP contribution in [0.3, 0.4) is 0 Å². The molecule has 0 radical (unpaired) electrons. The topological polar surface area (TPSA) is 47.6 Å². The molecule has 1 atom stereocenters. The largest absolute Gasteiger partial charge is 0.192 e. The highest BCUT2D eigenvalue weighted by molar-refractivity contribution is 5.46. The third-order valence-electron chi connectivity index (χ3n) is 2.15. The molecule has 0 saturated carbocycles. The third kappa shape index (κ3) is 1.81. The summed E-state index contributed by atoms with van der Waals surface area (Å²) in [6.07, 6.45) is 1.76. The van der Waals surface area contributed by atoms with E-state index in [1.807, 2.05) is 6.92 Å². The minimum atomic E-state index is 0.0953. The average molecular weight is 182 g/mol. The lowest BCUT2D eigenvalue weighted by molar-refractivity contribution is 0.964. The maximum Gasteiger partial charge on any atom is 0.0994 e. The molecule has 14 heavy (non-hydrogen) atoms. The molecule has 0 aliphatic rings. The van der Waals surface area contributed by atoms with Crippen LogP contribution in [-0.4, -0.2) is 0 Å². The second-order valence-electron chi connectivity index (χ2n) is 3.05. The van der Waals surface area contributed by atoms with E-state index in [4.69, 9.17) is 10.5 Å². The third-order valence-corrected chi connectivity index (χ3v) is 2.15. The average Bonchev–Trinajstić information content (AvgIpc) is 2.27. The normalized spacial score (nSPS) is 11.1. The lowest BCUT2D eigenvalue weighted by Crippen LogP contribution is -1.94. The van der Waals surface area contributed by atoms with E-state index in [0.717, 1.165) is 5.56 Å². The first-order valence-electron chi connectivity index (χ1n) is 4.29. The Morgan fingerprint density at radius 3 is 2.57 bits per heavy atom. The fourth-order valence-corrected chi connectivity index (χ4v) is 1.24. The maximum atomic E-state index is 8.86.